The third kappa shape index (κ3) is 1.21. The molecule has 0 saturated carbocycles. The van der Waals surface area contributed by atoms with E-state index in [1.54, 1.807) is 0 Å². The van der Waals surface area contributed by atoms with Crippen LogP contribution in [0.4, 0.5) is 0 Å². The lowest BCUT2D eigenvalue weighted by atomic mass is 10.2. The van der Waals surface area contributed by atoms with Gasteiger partial charge in [-0.05, 0) is 0 Å². The average Bonchev–Trinajstić information content (AvgIpc) is 2.51. The lowest BCUT2D eigenvalue weighted by Gasteiger charge is -2.01. The zero-order chi connectivity index (χ0) is 10.3. The van der Waals surface area contributed by atoms with Gasteiger partial charge >= 0.3 is 0 Å². The maximum atomic E-state index is 11.1. The topological polar surface area (TPSA) is 84.7 Å². The Morgan fingerprint density at radius 1 is 1.43 bits per heavy atom. The van der Waals surface area contributed by atoms with E-state index in [1.165, 1.54) is 6.33 Å². The number of rotatable bonds is 1. The molecule has 14 heavy (non-hydrogen) atoms. The van der Waals surface area contributed by atoms with E-state index in [9.17, 15) is 4.79 Å². The Kier molecular flexibility index (Phi) is 2.05. The van der Waals surface area contributed by atoms with Crippen molar-refractivity contribution in [1.29, 1.82) is 0 Å². The molecular weight excluding hydrogens is 227 g/mol. The number of H-pyrrole nitrogens is 1. The summed E-state index contributed by atoms with van der Waals surface area (Å²) in [6.45, 7) is 0. The zero-order valence-electron chi connectivity index (χ0n) is 6.71. The van der Waals surface area contributed by atoms with Crippen molar-refractivity contribution in [2.75, 3.05) is 0 Å². The monoisotopic (exact) mass is 230 g/mol. The Balaban J connectivity index is 2.93. The first-order valence-electron chi connectivity index (χ1n) is 3.59. The van der Waals surface area contributed by atoms with Crippen molar-refractivity contribution < 1.29 is 4.79 Å². The first kappa shape index (κ1) is 9.23. The highest BCUT2D eigenvalue weighted by Gasteiger charge is 2.17. The third-order valence-electron chi connectivity index (χ3n) is 1.73. The molecule has 0 aromatic carbocycles. The summed E-state index contributed by atoms with van der Waals surface area (Å²) in [7, 11) is 0. The molecule has 0 aliphatic heterocycles. The van der Waals surface area contributed by atoms with E-state index in [2.05, 4.69) is 15.0 Å². The maximum absolute atomic E-state index is 11.1. The van der Waals surface area contributed by atoms with Crippen molar-refractivity contribution in [1.82, 2.24) is 15.0 Å². The smallest absolute Gasteiger partial charge is 0.254 e. The number of hydrogen-bond acceptors (Lipinski definition) is 3. The van der Waals surface area contributed by atoms with Gasteiger partial charge in [0.25, 0.3) is 5.91 Å². The number of carbonyl (C=O) groups excluding carboxylic acids is 1. The van der Waals surface area contributed by atoms with Gasteiger partial charge in [-0.15, -0.1) is 0 Å². The van der Waals surface area contributed by atoms with Crippen molar-refractivity contribution in [3.63, 3.8) is 0 Å². The van der Waals surface area contributed by atoms with Gasteiger partial charge in [0.1, 0.15) is 16.2 Å². The van der Waals surface area contributed by atoms with Gasteiger partial charge < -0.3 is 10.7 Å². The van der Waals surface area contributed by atoms with Crippen LogP contribution in [0.5, 0.6) is 0 Å². The summed E-state index contributed by atoms with van der Waals surface area (Å²) in [5, 5.41) is 0.107. The highest BCUT2D eigenvalue weighted by molar-refractivity contribution is 6.38. The van der Waals surface area contributed by atoms with Gasteiger partial charge in [-0.3, -0.25) is 4.79 Å². The minimum atomic E-state index is -0.673. The van der Waals surface area contributed by atoms with Crippen LogP contribution in [0.1, 0.15) is 10.4 Å². The van der Waals surface area contributed by atoms with E-state index in [-0.39, 0.29) is 15.9 Å². The number of aromatic nitrogens is 3. The van der Waals surface area contributed by atoms with E-state index in [0.29, 0.717) is 11.0 Å². The maximum Gasteiger partial charge on any atom is 0.254 e. The van der Waals surface area contributed by atoms with Crippen molar-refractivity contribution in [2.24, 2.45) is 5.73 Å². The van der Waals surface area contributed by atoms with Crippen LogP contribution < -0.4 is 5.73 Å². The van der Waals surface area contributed by atoms with Crippen LogP contribution in [0.2, 0.25) is 10.3 Å². The van der Waals surface area contributed by atoms with Crippen LogP contribution in [0.25, 0.3) is 11.0 Å². The second-order valence-corrected chi connectivity index (χ2v) is 3.27. The summed E-state index contributed by atoms with van der Waals surface area (Å²) in [6.07, 6.45) is 1.39. The number of aromatic amines is 1. The van der Waals surface area contributed by atoms with Gasteiger partial charge in [-0.25, -0.2) is 9.97 Å². The Morgan fingerprint density at radius 2 is 2.14 bits per heavy atom. The first-order valence-corrected chi connectivity index (χ1v) is 4.34. The van der Waals surface area contributed by atoms with Crippen molar-refractivity contribution in [3.8, 4) is 0 Å². The average molecular weight is 231 g/mol. The SMILES string of the molecule is NC(=O)c1c(Cl)nc(Cl)c2nc[nH]c12. The lowest BCUT2D eigenvalue weighted by molar-refractivity contribution is 0.100. The van der Waals surface area contributed by atoms with Crippen LogP contribution in [0, 0.1) is 0 Å². The Hall–Kier alpha value is -1.33. The molecule has 0 saturated heterocycles. The number of carbonyl (C=O) groups is 1. The number of fused-ring (bicyclic) bond motifs is 1. The van der Waals surface area contributed by atoms with E-state index >= 15 is 0 Å². The van der Waals surface area contributed by atoms with E-state index in [4.69, 9.17) is 28.9 Å². The minimum Gasteiger partial charge on any atom is -0.365 e. The molecule has 0 unspecified atom stereocenters. The van der Waals surface area contributed by atoms with Gasteiger partial charge in [0.15, 0.2) is 5.15 Å². The number of nitrogens with zero attached hydrogens (tertiary/aromatic N) is 2. The number of primary amides is 1. The highest BCUT2D eigenvalue weighted by atomic mass is 35.5. The third-order valence-corrected chi connectivity index (χ3v) is 2.27. The molecule has 0 atom stereocenters. The van der Waals surface area contributed by atoms with Gasteiger partial charge in [0.05, 0.1) is 11.8 Å². The first-order chi connectivity index (χ1) is 6.61. The summed E-state index contributed by atoms with van der Waals surface area (Å²) < 4.78 is 0. The molecule has 72 valence electrons. The largest absolute Gasteiger partial charge is 0.365 e. The molecule has 0 fully saturated rings. The molecule has 2 heterocycles. The number of nitrogens with one attached hydrogen (secondary N) is 1. The van der Waals surface area contributed by atoms with Crippen molar-refractivity contribution in [2.45, 2.75) is 0 Å². The molecule has 2 rings (SSSR count). The van der Waals surface area contributed by atoms with Crippen LogP contribution in [-0.2, 0) is 0 Å². The molecule has 0 spiro atoms. The molecule has 0 aliphatic rings. The fraction of sp³-hybridized carbons (Fsp3) is 0. The molecule has 5 nitrogen and oxygen atoms in total. The summed E-state index contributed by atoms with van der Waals surface area (Å²) in [4.78, 5) is 21.4. The second-order valence-electron chi connectivity index (χ2n) is 2.56. The van der Waals surface area contributed by atoms with Gasteiger partial charge in [0, 0.05) is 0 Å². The zero-order valence-corrected chi connectivity index (χ0v) is 8.23. The highest BCUT2D eigenvalue weighted by Crippen LogP contribution is 2.26. The van der Waals surface area contributed by atoms with Crippen molar-refractivity contribution in [3.05, 3.63) is 22.2 Å². The molecule has 3 N–H and O–H groups in total. The fourth-order valence-electron chi connectivity index (χ4n) is 1.16. The summed E-state index contributed by atoms with van der Waals surface area (Å²) in [6, 6.07) is 0. The lowest BCUT2D eigenvalue weighted by Crippen LogP contribution is -2.13. The Bertz CT molecular complexity index is 522. The number of hydrogen-bond donors (Lipinski definition) is 2. The Morgan fingerprint density at radius 3 is 2.79 bits per heavy atom. The molecule has 7 heteroatoms. The van der Waals surface area contributed by atoms with Gasteiger partial charge in [-0.1, -0.05) is 23.2 Å². The standard InChI is InChI=1S/C7H4Cl2N4O/c8-5-2(7(10)14)3-4(6(9)13-5)12-1-11-3/h1H,(H2,10,14)(H,11,12). The van der Waals surface area contributed by atoms with E-state index < -0.39 is 5.91 Å². The molecule has 0 radical (unpaired) electrons. The minimum absolute atomic E-state index is 0.0285. The molecule has 0 aliphatic carbocycles. The Labute approximate surface area is 88.2 Å². The number of halogens is 2. The molecule has 2 aromatic rings. The summed E-state index contributed by atoms with van der Waals surface area (Å²) in [5.41, 5.74) is 6.02. The van der Waals surface area contributed by atoms with Crippen LogP contribution in [-0.4, -0.2) is 20.9 Å². The summed E-state index contributed by atoms with van der Waals surface area (Å²) >= 11 is 11.5. The van der Waals surface area contributed by atoms with Crippen molar-refractivity contribution >= 4 is 40.1 Å². The fourth-order valence-corrected chi connectivity index (χ4v) is 1.71. The molecular formula is C7H4Cl2N4O. The molecule has 2 aromatic heterocycles. The molecule has 0 bridgehead atoms. The van der Waals surface area contributed by atoms with Crippen LogP contribution in [0.15, 0.2) is 6.33 Å². The molecule has 1 amide bonds. The van der Waals surface area contributed by atoms with E-state index in [1.807, 2.05) is 0 Å². The number of nitrogens with two attached hydrogens (primary N) is 1. The normalized spacial score (nSPS) is 10.7. The predicted octanol–water partition coefficient (Wildman–Crippen LogP) is 1.36. The van der Waals surface area contributed by atoms with Crippen LogP contribution >= 0.6 is 23.2 Å². The van der Waals surface area contributed by atoms with Gasteiger partial charge in [0.2, 0.25) is 0 Å². The number of pyridine rings is 1. The van der Waals surface area contributed by atoms with Gasteiger partial charge in [-0.2, -0.15) is 0 Å². The second kappa shape index (κ2) is 3.11. The quantitative estimate of drug-likeness (QED) is 0.726. The summed E-state index contributed by atoms with van der Waals surface area (Å²) in [5.74, 6) is -0.673. The number of amides is 1. The number of imidazole rings is 1. The van der Waals surface area contributed by atoms with Crippen LogP contribution in [0.3, 0.4) is 0 Å². The van der Waals surface area contributed by atoms with E-state index in [0.717, 1.165) is 0 Å². The predicted molar refractivity (Wildman–Crippen MR) is 52.4 cm³/mol.